The van der Waals surface area contributed by atoms with Crippen LogP contribution in [0.4, 0.5) is 5.69 Å². The highest BCUT2D eigenvalue weighted by Gasteiger charge is 2.03. The van der Waals surface area contributed by atoms with Crippen LogP contribution in [0.3, 0.4) is 0 Å². The summed E-state index contributed by atoms with van der Waals surface area (Å²) in [5.41, 5.74) is 3.47. The van der Waals surface area contributed by atoms with Crippen molar-refractivity contribution in [2.75, 3.05) is 11.6 Å². The SMILES string of the molecule is CCN(/N=C\c1cc2ccccc2[nH]c1=O)c1ccc(C)cc1. The van der Waals surface area contributed by atoms with Crippen molar-refractivity contribution in [2.45, 2.75) is 13.8 Å². The maximum absolute atomic E-state index is 12.1. The molecule has 0 saturated carbocycles. The summed E-state index contributed by atoms with van der Waals surface area (Å²) in [5, 5.41) is 7.33. The summed E-state index contributed by atoms with van der Waals surface area (Å²) in [5.74, 6) is 0. The molecule has 0 spiro atoms. The summed E-state index contributed by atoms with van der Waals surface area (Å²) >= 11 is 0. The predicted molar refractivity (Wildman–Crippen MR) is 96.4 cm³/mol. The number of hydrogen-bond donors (Lipinski definition) is 1. The van der Waals surface area contributed by atoms with E-state index in [4.69, 9.17) is 0 Å². The number of aromatic amines is 1. The van der Waals surface area contributed by atoms with Gasteiger partial charge in [0, 0.05) is 12.1 Å². The van der Waals surface area contributed by atoms with Crippen LogP contribution in [-0.2, 0) is 0 Å². The Morgan fingerprint density at radius 3 is 2.61 bits per heavy atom. The van der Waals surface area contributed by atoms with Gasteiger partial charge in [-0.1, -0.05) is 35.9 Å². The van der Waals surface area contributed by atoms with Crippen molar-refractivity contribution in [1.29, 1.82) is 0 Å². The lowest BCUT2D eigenvalue weighted by Crippen LogP contribution is -2.18. The Hall–Kier alpha value is -2.88. The number of para-hydroxylation sites is 1. The van der Waals surface area contributed by atoms with E-state index in [0.29, 0.717) is 5.56 Å². The van der Waals surface area contributed by atoms with Gasteiger partial charge >= 0.3 is 0 Å². The van der Waals surface area contributed by atoms with E-state index in [1.807, 2.05) is 54.4 Å². The van der Waals surface area contributed by atoms with E-state index < -0.39 is 0 Å². The molecule has 0 aliphatic heterocycles. The van der Waals surface area contributed by atoms with Crippen LogP contribution in [0, 0.1) is 6.92 Å². The number of hydrogen-bond acceptors (Lipinski definition) is 3. The number of aromatic nitrogens is 1. The maximum Gasteiger partial charge on any atom is 0.257 e. The normalized spacial score (nSPS) is 11.2. The van der Waals surface area contributed by atoms with Crippen LogP contribution in [-0.4, -0.2) is 17.7 Å². The van der Waals surface area contributed by atoms with E-state index in [2.05, 4.69) is 29.1 Å². The van der Waals surface area contributed by atoms with Gasteiger partial charge in [-0.25, -0.2) is 0 Å². The van der Waals surface area contributed by atoms with Gasteiger partial charge in [0.05, 0.1) is 17.5 Å². The summed E-state index contributed by atoms with van der Waals surface area (Å²) in [6, 6.07) is 17.7. The molecule has 0 bridgehead atoms. The zero-order valence-electron chi connectivity index (χ0n) is 13.3. The van der Waals surface area contributed by atoms with Gasteiger partial charge in [0.1, 0.15) is 0 Å². The molecule has 1 N–H and O–H groups in total. The minimum Gasteiger partial charge on any atom is -0.321 e. The van der Waals surface area contributed by atoms with Gasteiger partial charge in [-0.3, -0.25) is 9.80 Å². The maximum atomic E-state index is 12.1. The molecule has 1 aromatic heterocycles. The molecule has 2 aromatic carbocycles. The smallest absolute Gasteiger partial charge is 0.257 e. The molecule has 0 saturated heterocycles. The topological polar surface area (TPSA) is 48.5 Å². The molecule has 0 aliphatic carbocycles. The first-order valence-electron chi connectivity index (χ1n) is 7.67. The van der Waals surface area contributed by atoms with Crippen LogP contribution in [0.1, 0.15) is 18.1 Å². The molecule has 23 heavy (non-hydrogen) atoms. The lowest BCUT2D eigenvalue weighted by Gasteiger charge is -2.16. The van der Waals surface area contributed by atoms with Gasteiger partial charge in [0.15, 0.2) is 0 Å². The Morgan fingerprint density at radius 1 is 1.13 bits per heavy atom. The van der Waals surface area contributed by atoms with E-state index >= 15 is 0 Å². The van der Waals surface area contributed by atoms with E-state index in [0.717, 1.165) is 23.1 Å². The number of anilines is 1. The van der Waals surface area contributed by atoms with E-state index in [1.54, 1.807) is 6.21 Å². The minimum atomic E-state index is -0.132. The molecule has 4 heteroatoms. The van der Waals surface area contributed by atoms with Crippen molar-refractivity contribution in [3.63, 3.8) is 0 Å². The molecule has 4 nitrogen and oxygen atoms in total. The Bertz CT molecular complexity index is 894. The Kier molecular flexibility index (Phi) is 4.24. The Morgan fingerprint density at radius 2 is 1.87 bits per heavy atom. The molecule has 0 amide bonds. The number of benzene rings is 2. The number of rotatable bonds is 4. The van der Waals surface area contributed by atoms with Crippen molar-refractivity contribution in [2.24, 2.45) is 5.10 Å². The molecule has 0 fully saturated rings. The first-order valence-corrected chi connectivity index (χ1v) is 7.67. The average molecular weight is 305 g/mol. The fourth-order valence-electron chi connectivity index (χ4n) is 2.44. The quantitative estimate of drug-likeness (QED) is 0.590. The second kappa shape index (κ2) is 6.48. The van der Waals surface area contributed by atoms with E-state index in [-0.39, 0.29) is 5.56 Å². The van der Waals surface area contributed by atoms with Crippen molar-refractivity contribution >= 4 is 22.8 Å². The summed E-state index contributed by atoms with van der Waals surface area (Å²) in [7, 11) is 0. The van der Waals surface area contributed by atoms with Crippen molar-refractivity contribution < 1.29 is 0 Å². The summed E-state index contributed by atoms with van der Waals surface area (Å²) < 4.78 is 0. The van der Waals surface area contributed by atoms with Crippen LogP contribution in [0.25, 0.3) is 10.9 Å². The first-order chi connectivity index (χ1) is 11.2. The van der Waals surface area contributed by atoms with E-state index in [1.165, 1.54) is 5.56 Å². The zero-order chi connectivity index (χ0) is 16.2. The van der Waals surface area contributed by atoms with Gasteiger partial charge in [-0.05, 0) is 43.5 Å². The highest BCUT2D eigenvalue weighted by molar-refractivity contribution is 5.87. The van der Waals surface area contributed by atoms with Gasteiger partial charge in [-0.15, -0.1) is 0 Å². The van der Waals surface area contributed by atoms with Crippen molar-refractivity contribution in [3.8, 4) is 0 Å². The number of H-pyrrole nitrogens is 1. The second-order valence-electron chi connectivity index (χ2n) is 5.44. The van der Waals surface area contributed by atoms with E-state index in [9.17, 15) is 4.79 Å². The van der Waals surface area contributed by atoms with Crippen LogP contribution < -0.4 is 10.6 Å². The Balaban J connectivity index is 1.93. The molecule has 1 heterocycles. The predicted octanol–water partition coefficient (Wildman–Crippen LogP) is 3.70. The van der Waals surface area contributed by atoms with Crippen LogP contribution in [0.2, 0.25) is 0 Å². The molecule has 116 valence electrons. The molecule has 0 unspecified atom stereocenters. The fraction of sp³-hybridized carbons (Fsp3) is 0.158. The molecule has 3 aromatic rings. The Labute approximate surface area is 135 Å². The molecular weight excluding hydrogens is 286 g/mol. The van der Waals surface area contributed by atoms with Gasteiger partial charge < -0.3 is 4.98 Å². The van der Waals surface area contributed by atoms with Crippen LogP contribution in [0.15, 0.2) is 64.5 Å². The zero-order valence-corrected chi connectivity index (χ0v) is 13.3. The number of hydrazone groups is 1. The number of fused-ring (bicyclic) bond motifs is 1. The van der Waals surface area contributed by atoms with Gasteiger partial charge in [-0.2, -0.15) is 5.10 Å². The lowest BCUT2D eigenvalue weighted by atomic mass is 10.2. The molecule has 0 aliphatic rings. The molecule has 3 rings (SSSR count). The molecule has 0 radical (unpaired) electrons. The van der Waals surface area contributed by atoms with Crippen LogP contribution in [0.5, 0.6) is 0 Å². The number of nitrogens with one attached hydrogen (secondary N) is 1. The third kappa shape index (κ3) is 3.31. The monoisotopic (exact) mass is 305 g/mol. The average Bonchev–Trinajstić information content (AvgIpc) is 2.57. The summed E-state index contributed by atoms with van der Waals surface area (Å²) in [4.78, 5) is 15.0. The summed E-state index contributed by atoms with van der Waals surface area (Å²) in [6.45, 7) is 4.81. The minimum absolute atomic E-state index is 0.132. The van der Waals surface area contributed by atoms with Gasteiger partial charge in [0.25, 0.3) is 5.56 Å². The van der Waals surface area contributed by atoms with Crippen molar-refractivity contribution in [3.05, 3.63) is 76.1 Å². The highest BCUT2D eigenvalue weighted by atomic mass is 16.1. The standard InChI is InChI=1S/C19H19N3O/c1-3-22(17-10-8-14(2)9-11-17)20-13-16-12-15-6-4-5-7-18(15)21-19(16)23/h4-13H,3H2,1-2H3,(H,21,23)/b20-13-. The third-order valence-corrected chi connectivity index (χ3v) is 3.75. The second-order valence-corrected chi connectivity index (χ2v) is 5.44. The first kappa shape index (κ1) is 15.0. The van der Waals surface area contributed by atoms with Crippen LogP contribution >= 0.6 is 0 Å². The molecule has 0 atom stereocenters. The van der Waals surface area contributed by atoms with Gasteiger partial charge in [0.2, 0.25) is 0 Å². The third-order valence-electron chi connectivity index (χ3n) is 3.75. The van der Waals surface area contributed by atoms with Crippen molar-refractivity contribution in [1.82, 2.24) is 4.98 Å². The lowest BCUT2D eigenvalue weighted by molar-refractivity contribution is 0.897. The highest BCUT2D eigenvalue weighted by Crippen LogP contribution is 2.15. The number of aryl methyl sites for hydroxylation is 1. The number of pyridine rings is 1. The summed E-state index contributed by atoms with van der Waals surface area (Å²) in [6.07, 6.45) is 1.62. The fourth-order valence-corrected chi connectivity index (χ4v) is 2.44. The number of nitrogens with zero attached hydrogens (tertiary/aromatic N) is 2. The molecular formula is C19H19N3O. The largest absolute Gasteiger partial charge is 0.321 e.